The van der Waals surface area contributed by atoms with Crippen LogP contribution in [-0.2, 0) is 32.3 Å². The molecule has 2 atom stereocenters. The van der Waals surface area contributed by atoms with Gasteiger partial charge in [-0.05, 0) is 18.4 Å². The van der Waals surface area contributed by atoms with Gasteiger partial charge in [-0.15, -0.1) is 0 Å². The van der Waals surface area contributed by atoms with Crippen LogP contribution >= 0.6 is 0 Å². The molecule has 1 unspecified atom stereocenters. The summed E-state index contributed by atoms with van der Waals surface area (Å²) in [5.41, 5.74) is 0.698. The fraction of sp³-hybridized carbons (Fsp3) is 0.417. The topological polar surface area (TPSA) is 121 Å². The van der Waals surface area contributed by atoms with Gasteiger partial charge >= 0.3 is 5.97 Å². The number of hydrogen-bond acceptors (Lipinski definition) is 4. The zero-order valence-electron chi connectivity index (χ0n) is 11.1. The first-order valence-corrected chi connectivity index (χ1v) is 9.07. The van der Waals surface area contributed by atoms with Crippen molar-refractivity contribution < 1.29 is 27.1 Å². The minimum atomic E-state index is -3.82. The largest absolute Gasteiger partial charge is 0.480 e. The summed E-state index contributed by atoms with van der Waals surface area (Å²) in [6, 6.07) is 7.40. The Morgan fingerprint density at radius 2 is 1.90 bits per heavy atom. The molecule has 0 fully saturated rings. The number of benzene rings is 1. The molecule has 0 aliphatic carbocycles. The zero-order valence-corrected chi connectivity index (χ0v) is 12.8. The molecule has 21 heavy (non-hydrogen) atoms. The van der Waals surface area contributed by atoms with E-state index in [9.17, 15) is 17.4 Å². The van der Waals surface area contributed by atoms with Gasteiger partial charge in [0.15, 0.2) is 11.1 Å². The van der Waals surface area contributed by atoms with Gasteiger partial charge in [-0.3, -0.25) is 4.79 Å². The van der Waals surface area contributed by atoms with Gasteiger partial charge in [-0.2, -0.15) is 0 Å². The average molecular weight is 335 g/mol. The fourth-order valence-electron chi connectivity index (χ4n) is 1.68. The van der Waals surface area contributed by atoms with Crippen LogP contribution in [0.1, 0.15) is 12.0 Å². The van der Waals surface area contributed by atoms with E-state index in [-0.39, 0.29) is 18.6 Å². The minimum Gasteiger partial charge on any atom is -0.480 e. The molecule has 1 rings (SSSR count). The molecule has 0 heterocycles. The molecule has 0 bridgehead atoms. The van der Waals surface area contributed by atoms with Crippen LogP contribution in [0, 0.1) is 0 Å². The summed E-state index contributed by atoms with van der Waals surface area (Å²) < 4.78 is 44.7. The Labute approximate surface area is 125 Å². The SMILES string of the molecule is O=C(O)[C@H](Cc1ccccc1)NS(=O)(=O)CCCS(=O)O. The summed E-state index contributed by atoms with van der Waals surface area (Å²) in [4.78, 5) is 11.1. The maximum Gasteiger partial charge on any atom is 0.322 e. The van der Waals surface area contributed by atoms with Crippen LogP contribution in [0.2, 0.25) is 0 Å². The Balaban J connectivity index is 2.65. The van der Waals surface area contributed by atoms with Gasteiger partial charge in [0.2, 0.25) is 10.0 Å². The second-order valence-corrected chi connectivity index (χ2v) is 7.32. The highest BCUT2D eigenvalue weighted by molar-refractivity contribution is 7.89. The molecule has 0 saturated heterocycles. The fourth-order valence-corrected chi connectivity index (χ4v) is 3.51. The molecule has 0 spiro atoms. The molecular formula is C12H17NO6S2. The van der Waals surface area contributed by atoms with Crippen molar-refractivity contribution in [3.05, 3.63) is 35.9 Å². The highest BCUT2D eigenvalue weighted by atomic mass is 32.2. The average Bonchev–Trinajstić information content (AvgIpc) is 2.38. The van der Waals surface area contributed by atoms with E-state index < -0.39 is 38.9 Å². The highest BCUT2D eigenvalue weighted by Crippen LogP contribution is 2.05. The van der Waals surface area contributed by atoms with Gasteiger partial charge in [-0.1, -0.05) is 30.3 Å². The van der Waals surface area contributed by atoms with Crippen molar-refractivity contribution in [2.75, 3.05) is 11.5 Å². The van der Waals surface area contributed by atoms with Crippen LogP contribution in [0.5, 0.6) is 0 Å². The van der Waals surface area contributed by atoms with E-state index in [4.69, 9.17) is 9.66 Å². The molecule has 1 aromatic rings. The summed E-state index contributed by atoms with van der Waals surface area (Å²) in [7, 11) is -3.82. The lowest BCUT2D eigenvalue weighted by Gasteiger charge is -2.14. The molecule has 7 nitrogen and oxygen atoms in total. The van der Waals surface area contributed by atoms with Crippen molar-refractivity contribution in [3.63, 3.8) is 0 Å². The number of nitrogens with one attached hydrogen (secondary N) is 1. The third-order valence-corrected chi connectivity index (χ3v) is 4.74. The van der Waals surface area contributed by atoms with E-state index in [0.29, 0.717) is 5.56 Å². The molecule has 1 aromatic carbocycles. The molecule has 0 aliphatic rings. The molecular weight excluding hydrogens is 318 g/mol. The van der Waals surface area contributed by atoms with Gasteiger partial charge in [0.05, 0.1) is 11.5 Å². The molecule has 9 heteroatoms. The lowest BCUT2D eigenvalue weighted by molar-refractivity contribution is -0.138. The number of carbonyl (C=O) groups is 1. The van der Waals surface area contributed by atoms with Gasteiger partial charge in [0.1, 0.15) is 6.04 Å². The van der Waals surface area contributed by atoms with Crippen molar-refractivity contribution >= 4 is 27.1 Å². The van der Waals surface area contributed by atoms with Crippen molar-refractivity contribution in [2.45, 2.75) is 18.9 Å². The second-order valence-electron chi connectivity index (χ2n) is 4.40. The summed E-state index contributed by atoms with van der Waals surface area (Å²) in [5.74, 6) is -1.83. The molecule has 3 N–H and O–H groups in total. The Bertz CT molecular complexity index is 587. The van der Waals surface area contributed by atoms with Crippen LogP contribution in [0.4, 0.5) is 0 Å². The highest BCUT2D eigenvalue weighted by Gasteiger charge is 2.24. The molecule has 0 aliphatic heterocycles. The molecule has 0 radical (unpaired) electrons. The van der Waals surface area contributed by atoms with Crippen LogP contribution < -0.4 is 4.72 Å². The summed E-state index contributed by atoms with van der Waals surface area (Å²) in [5, 5.41) is 9.10. The molecule has 0 aromatic heterocycles. The standard InChI is InChI=1S/C12H17NO6S2/c14-12(15)11(9-10-5-2-1-3-6-10)13-21(18,19)8-4-7-20(16)17/h1-3,5-6,11,13H,4,7-9H2,(H,14,15)(H,16,17)/t11-/m0/s1. The monoisotopic (exact) mass is 335 g/mol. The summed E-state index contributed by atoms with van der Waals surface area (Å²) in [6.07, 6.45) is 0.0114. The summed E-state index contributed by atoms with van der Waals surface area (Å²) in [6.45, 7) is 0. The predicted molar refractivity (Wildman–Crippen MR) is 78.7 cm³/mol. The molecule has 0 amide bonds. The van der Waals surface area contributed by atoms with E-state index in [1.54, 1.807) is 30.3 Å². The van der Waals surface area contributed by atoms with Crippen LogP contribution in [-0.4, -0.2) is 45.8 Å². The smallest absolute Gasteiger partial charge is 0.322 e. The van der Waals surface area contributed by atoms with Crippen molar-refractivity contribution in [1.29, 1.82) is 0 Å². The Kier molecular flexibility index (Phi) is 6.96. The summed E-state index contributed by atoms with van der Waals surface area (Å²) >= 11 is -2.06. The van der Waals surface area contributed by atoms with Crippen molar-refractivity contribution in [2.24, 2.45) is 0 Å². The number of sulfonamides is 1. The van der Waals surface area contributed by atoms with Crippen molar-refractivity contribution in [3.8, 4) is 0 Å². The number of carboxylic acids is 1. The number of hydrogen-bond donors (Lipinski definition) is 3. The quantitative estimate of drug-likeness (QED) is 0.555. The first-order valence-electron chi connectivity index (χ1n) is 6.14. The van der Waals surface area contributed by atoms with Gasteiger partial charge in [0.25, 0.3) is 0 Å². The maximum atomic E-state index is 11.8. The number of carboxylic acid groups (broad SMARTS) is 1. The minimum absolute atomic E-state index is 0.0177. The van der Waals surface area contributed by atoms with Crippen molar-refractivity contribution in [1.82, 2.24) is 4.72 Å². The lowest BCUT2D eigenvalue weighted by atomic mass is 10.1. The second kappa shape index (κ2) is 8.23. The predicted octanol–water partition coefficient (Wildman–Crippen LogP) is 0.214. The van der Waals surface area contributed by atoms with Gasteiger partial charge in [0, 0.05) is 0 Å². The zero-order chi connectivity index (χ0) is 15.9. The Morgan fingerprint density at radius 3 is 2.43 bits per heavy atom. The number of aliphatic carboxylic acids is 1. The van der Waals surface area contributed by atoms with E-state index in [2.05, 4.69) is 4.72 Å². The maximum absolute atomic E-state index is 11.8. The third kappa shape index (κ3) is 7.32. The first kappa shape index (κ1) is 17.8. The third-order valence-electron chi connectivity index (χ3n) is 2.63. The van der Waals surface area contributed by atoms with Crippen LogP contribution in [0.3, 0.4) is 0 Å². The molecule has 118 valence electrons. The van der Waals surface area contributed by atoms with E-state index in [1.807, 2.05) is 0 Å². The lowest BCUT2D eigenvalue weighted by Crippen LogP contribution is -2.43. The normalized spacial score (nSPS) is 14.5. The molecule has 0 saturated carbocycles. The van der Waals surface area contributed by atoms with Gasteiger partial charge in [-0.25, -0.2) is 17.3 Å². The van der Waals surface area contributed by atoms with E-state index >= 15 is 0 Å². The van der Waals surface area contributed by atoms with Gasteiger partial charge < -0.3 is 9.66 Å². The van der Waals surface area contributed by atoms with E-state index in [0.717, 1.165) is 0 Å². The van der Waals surface area contributed by atoms with E-state index in [1.165, 1.54) is 0 Å². The Morgan fingerprint density at radius 1 is 1.29 bits per heavy atom. The Hall–Kier alpha value is -1.29. The number of rotatable bonds is 9. The van der Waals surface area contributed by atoms with Crippen LogP contribution in [0.25, 0.3) is 0 Å². The first-order chi connectivity index (χ1) is 9.80. The van der Waals surface area contributed by atoms with Crippen LogP contribution in [0.15, 0.2) is 30.3 Å².